The lowest BCUT2D eigenvalue weighted by atomic mass is 9.90. The maximum Gasteiger partial charge on any atom is 0.320 e. The van der Waals surface area contributed by atoms with Crippen LogP contribution in [0.1, 0.15) is 33.3 Å². The number of hydrogen-bond acceptors (Lipinski definition) is 5. The zero-order valence-electron chi connectivity index (χ0n) is 17.2. The second kappa shape index (κ2) is 14.6. The summed E-state index contributed by atoms with van der Waals surface area (Å²) in [6.07, 6.45) is 7.44. The van der Waals surface area contributed by atoms with Crippen molar-refractivity contribution in [3.63, 3.8) is 0 Å². The van der Waals surface area contributed by atoms with Gasteiger partial charge in [0.1, 0.15) is 6.04 Å². The normalized spacial score (nSPS) is 12.1. The van der Waals surface area contributed by atoms with Crippen LogP contribution >= 0.6 is 15.9 Å². The lowest BCUT2D eigenvalue weighted by Crippen LogP contribution is -2.34. The molecule has 0 fully saturated rings. The van der Waals surface area contributed by atoms with E-state index < -0.39 is 18.0 Å². The molecule has 0 saturated heterocycles. The van der Waals surface area contributed by atoms with E-state index in [0.29, 0.717) is 6.42 Å². The first kappa shape index (κ1) is 26.7. The molecular formula is C21H30BrN3O4. The molecule has 0 saturated carbocycles. The molecule has 0 bridgehead atoms. The SMILES string of the molecule is Brc1ccncc1.CC(C)[C@H](Cc1ccncc1)C(=O)O.CC(C)[C@H](N)C(=O)O. The number of pyridine rings is 2. The summed E-state index contributed by atoms with van der Waals surface area (Å²) < 4.78 is 1.07. The van der Waals surface area contributed by atoms with E-state index >= 15 is 0 Å². The number of carboxylic acid groups (broad SMARTS) is 2. The minimum Gasteiger partial charge on any atom is -0.481 e. The predicted molar refractivity (Wildman–Crippen MR) is 116 cm³/mol. The van der Waals surface area contributed by atoms with E-state index in [1.807, 2.05) is 38.1 Å². The third kappa shape index (κ3) is 12.7. The second-order valence-electron chi connectivity index (χ2n) is 7.02. The Morgan fingerprint density at radius 1 is 0.897 bits per heavy atom. The maximum absolute atomic E-state index is 10.9. The molecule has 2 heterocycles. The number of aliphatic carboxylic acids is 2. The number of nitrogens with two attached hydrogens (primary N) is 1. The highest BCUT2D eigenvalue weighted by atomic mass is 79.9. The van der Waals surface area contributed by atoms with E-state index in [4.69, 9.17) is 15.9 Å². The number of nitrogens with zero attached hydrogens (tertiary/aromatic N) is 2. The van der Waals surface area contributed by atoms with Crippen LogP contribution in [-0.2, 0) is 16.0 Å². The summed E-state index contributed by atoms with van der Waals surface area (Å²) in [5, 5.41) is 17.2. The smallest absolute Gasteiger partial charge is 0.320 e. The van der Waals surface area contributed by atoms with E-state index in [0.717, 1.165) is 10.0 Å². The van der Waals surface area contributed by atoms with Gasteiger partial charge in [-0.3, -0.25) is 19.6 Å². The van der Waals surface area contributed by atoms with Gasteiger partial charge in [0, 0.05) is 29.3 Å². The summed E-state index contributed by atoms with van der Waals surface area (Å²) in [6, 6.07) is 6.78. The Labute approximate surface area is 180 Å². The number of halogens is 1. The molecule has 29 heavy (non-hydrogen) atoms. The highest BCUT2D eigenvalue weighted by molar-refractivity contribution is 9.10. The minimum absolute atomic E-state index is 0.0208. The summed E-state index contributed by atoms with van der Waals surface area (Å²) in [5.74, 6) is -1.79. The van der Waals surface area contributed by atoms with Crippen LogP contribution in [-0.4, -0.2) is 38.2 Å². The van der Waals surface area contributed by atoms with Crippen molar-refractivity contribution >= 4 is 27.9 Å². The largest absolute Gasteiger partial charge is 0.481 e. The summed E-state index contributed by atoms with van der Waals surface area (Å²) >= 11 is 3.27. The third-order valence-electron chi connectivity index (χ3n) is 3.97. The zero-order chi connectivity index (χ0) is 22.4. The van der Waals surface area contributed by atoms with Gasteiger partial charge in [-0.15, -0.1) is 0 Å². The fourth-order valence-corrected chi connectivity index (χ4v) is 2.24. The Balaban J connectivity index is 0.000000444. The van der Waals surface area contributed by atoms with Gasteiger partial charge in [-0.25, -0.2) is 0 Å². The van der Waals surface area contributed by atoms with Gasteiger partial charge in [0.2, 0.25) is 0 Å². The van der Waals surface area contributed by atoms with E-state index in [-0.39, 0.29) is 17.8 Å². The Bertz CT molecular complexity index is 712. The van der Waals surface area contributed by atoms with Crippen LogP contribution in [0.15, 0.2) is 53.5 Å². The number of aromatic nitrogens is 2. The monoisotopic (exact) mass is 467 g/mol. The van der Waals surface area contributed by atoms with Crippen LogP contribution in [0.4, 0.5) is 0 Å². The molecule has 4 N–H and O–H groups in total. The third-order valence-corrected chi connectivity index (χ3v) is 4.50. The summed E-state index contributed by atoms with van der Waals surface area (Å²) in [6.45, 7) is 7.41. The lowest BCUT2D eigenvalue weighted by Gasteiger charge is -2.15. The van der Waals surface area contributed by atoms with Crippen LogP contribution in [0.5, 0.6) is 0 Å². The topological polar surface area (TPSA) is 126 Å². The van der Waals surface area contributed by atoms with E-state index in [1.54, 1.807) is 38.6 Å². The molecule has 7 nitrogen and oxygen atoms in total. The van der Waals surface area contributed by atoms with Crippen molar-refractivity contribution in [2.24, 2.45) is 23.5 Å². The van der Waals surface area contributed by atoms with Gasteiger partial charge in [0.15, 0.2) is 0 Å². The average Bonchev–Trinajstić information content (AvgIpc) is 2.67. The van der Waals surface area contributed by atoms with Crippen LogP contribution in [0.25, 0.3) is 0 Å². The van der Waals surface area contributed by atoms with Gasteiger partial charge in [-0.2, -0.15) is 0 Å². The molecule has 2 aromatic rings. The lowest BCUT2D eigenvalue weighted by molar-refractivity contribution is -0.143. The number of carboxylic acids is 2. The first-order valence-corrected chi connectivity index (χ1v) is 10.0. The standard InChI is InChI=1S/C11H15NO2.C5H4BrN.C5H11NO2/c1-8(2)10(11(13)14)7-9-3-5-12-6-4-9;6-5-1-3-7-4-2-5;1-3(2)4(6)5(7)8/h3-6,8,10H,7H2,1-2H3,(H,13,14);1-4H;3-4H,6H2,1-2H3,(H,7,8)/t10-;;4-/m0.0/s1. The molecular weight excluding hydrogens is 438 g/mol. The minimum atomic E-state index is -0.931. The number of hydrogen-bond donors (Lipinski definition) is 3. The Hall–Kier alpha value is -2.32. The molecule has 0 spiro atoms. The van der Waals surface area contributed by atoms with Crippen molar-refractivity contribution in [2.45, 2.75) is 40.2 Å². The predicted octanol–water partition coefficient (Wildman–Crippen LogP) is 3.88. The Morgan fingerprint density at radius 2 is 1.34 bits per heavy atom. The van der Waals surface area contributed by atoms with Gasteiger partial charge < -0.3 is 15.9 Å². The van der Waals surface area contributed by atoms with E-state index in [9.17, 15) is 9.59 Å². The van der Waals surface area contributed by atoms with Crippen molar-refractivity contribution in [2.75, 3.05) is 0 Å². The zero-order valence-corrected chi connectivity index (χ0v) is 18.8. The fourth-order valence-electron chi connectivity index (χ4n) is 2.00. The molecule has 0 aliphatic carbocycles. The van der Waals surface area contributed by atoms with Crippen LogP contribution < -0.4 is 5.73 Å². The van der Waals surface area contributed by atoms with Crippen molar-refractivity contribution in [3.05, 3.63) is 59.1 Å². The molecule has 0 aliphatic rings. The first-order valence-electron chi connectivity index (χ1n) is 9.21. The first-order chi connectivity index (χ1) is 13.6. The highest BCUT2D eigenvalue weighted by Crippen LogP contribution is 2.16. The summed E-state index contributed by atoms with van der Waals surface area (Å²) in [4.78, 5) is 28.7. The van der Waals surface area contributed by atoms with Crippen LogP contribution in [0.3, 0.4) is 0 Å². The fraction of sp³-hybridized carbons (Fsp3) is 0.429. The van der Waals surface area contributed by atoms with Gasteiger partial charge in [0.25, 0.3) is 0 Å². The molecule has 160 valence electrons. The van der Waals surface area contributed by atoms with Gasteiger partial charge in [-0.1, -0.05) is 43.6 Å². The molecule has 0 aromatic carbocycles. The molecule has 2 rings (SSSR count). The van der Waals surface area contributed by atoms with Crippen LogP contribution in [0.2, 0.25) is 0 Å². The molecule has 0 radical (unpaired) electrons. The molecule has 2 aromatic heterocycles. The van der Waals surface area contributed by atoms with Crippen LogP contribution in [0, 0.1) is 17.8 Å². The number of rotatable bonds is 6. The van der Waals surface area contributed by atoms with Gasteiger partial charge in [-0.05, 0) is 48.1 Å². The highest BCUT2D eigenvalue weighted by Gasteiger charge is 2.21. The molecule has 0 amide bonds. The van der Waals surface area contributed by atoms with E-state index in [1.165, 1.54) is 0 Å². The van der Waals surface area contributed by atoms with Crippen molar-refractivity contribution in [1.82, 2.24) is 9.97 Å². The maximum atomic E-state index is 10.9. The summed E-state index contributed by atoms with van der Waals surface area (Å²) in [7, 11) is 0. The molecule has 2 atom stereocenters. The van der Waals surface area contributed by atoms with E-state index in [2.05, 4.69) is 25.9 Å². The number of carbonyl (C=O) groups is 2. The van der Waals surface area contributed by atoms with Crippen molar-refractivity contribution < 1.29 is 19.8 Å². The van der Waals surface area contributed by atoms with Crippen molar-refractivity contribution in [3.8, 4) is 0 Å². The summed E-state index contributed by atoms with van der Waals surface area (Å²) in [5.41, 5.74) is 6.19. The Morgan fingerprint density at radius 3 is 1.59 bits per heavy atom. The van der Waals surface area contributed by atoms with Crippen molar-refractivity contribution in [1.29, 1.82) is 0 Å². The quantitative estimate of drug-likeness (QED) is 0.587. The van der Waals surface area contributed by atoms with Gasteiger partial charge in [0.05, 0.1) is 5.92 Å². The Kier molecular flexibility index (Phi) is 13.5. The average molecular weight is 468 g/mol. The molecule has 0 unspecified atom stereocenters. The molecule has 0 aliphatic heterocycles. The van der Waals surface area contributed by atoms with Gasteiger partial charge >= 0.3 is 11.9 Å². The second-order valence-corrected chi connectivity index (χ2v) is 7.94. The molecule has 8 heteroatoms.